The number of halogens is 1. The minimum atomic E-state index is -0.625. The van der Waals surface area contributed by atoms with Crippen LogP contribution in [0.3, 0.4) is 0 Å². The summed E-state index contributed by atoms with van der Waals surface area (Å²) in [7, 11) is 1.33. The summed E-state index contributed by atoms with van der Waals surface area (Å²) in [5.41, 5.74) is 5.03. The predicted octanol–water partition coefficient (Wildman–Crippen LogP) is 1.84. The molecule has 0 aliphatic carbocycles. The number of anilines is 1. The van der Waals surface area contributed by atoms with E-state index in [2.05, 4.69) is 0 Å². The first-order valence-corrected chi connectivity index (χ1v) is 3.72. The smallest absolute Gasteiger partial charge is 0.335 e. The summed E-state index contributed by atoms with van der Waals surface area (Å²) in [4.78, 5) is 9.92. The molecule has 0 aliphatic rings. The van der Waals surface area contributed by atoms with Gasteiger partial charge in [0, 0.05) is 0 Å². The average Bonchev–Trinajstić information content (AvgIpc) is 2.08. The first-order valence-electron chi connectivity index (χ1n) is 3.34. The van der Waals surface area contributed by atoms with Crippen LogP contribution in [0.5, 0.6) is 5.75 Å². The van der Waals surface area contributed by atoms with E-state index in [-0.39, 0.29) is 22.1 Å². The molecular formula is C7H7ClN2O3. The van der Waals surface area contributed by atoms with Gasteiger partial charge in [0.05, 0.1) is 17.1 Å². The van der Waals surface area contributed by atoms with Gasteiger partial charge < -0.3 is 10.5 Å². The van der Waals surface area contributed by atoms with Gasteiger partial charge in [-0.3, -0.25) is 10.1 Å². The van der Waals surface area contributed by atoms with E-state index in [4.69, 9.17) is 22.1 Å². The third-order valence-corrected chi connectivity index (χ3v) is 1.86. The number of hydrogen-bond acceptors (Lipinski definition) is 4. The Morgan fingerprint density at radius 2 is 2.23 bits per heavy atom. The number of rotatable bonds is 2. The molecule has 70 valence electrons. The molecule has 0 saturated carbocycles. The maximum Gasteiger partial charge on any atom is 0.335 e. The zero-order valence-electron chi connectivity index (χ0n) is 6.78. The molecule has 0 bridgehead atoms. The summed E-state index contributed by atoms with van der Waals surface area (Å²) >= 11 is 5.60. The zero-order valence-corrected chi connectivity index (χ0v) is 7.54. The van der Waals surface area contributed by atoms with Gasteiger partial charge in [0.25, 0.3) is 0 Å². The summed E-state index contributed by atoms with van der Waals surface area (Å²) in [6.07, 6.45) is 0. The van der Waals surface area contributed by atoms with E-state index in [1.807, 2.05) is 0 Å². The van der Waals surface area contributed by atoms with Crippen LogP contribution in [-0.2, 0) is 0 Å². The second-order valence-electron chi connectivity index (χ2n) is 2.27. The van der Waals surface area contributed by atoms with Crippen molar-refractivity contribution in [3.8, 4) is 5.75 Å². The molecule has 0 atom stereocenters. The molecule has 0 aromatic heterocycles. The number of nitro groups is 1. The Hall–Kier alpha value is -1.49. The summed E-state index contributed by atoms with van der Waals surface area (Å²) < 4.78 is 4.76. The van der Waals surface area contributed by atoms with Crippen molar-refractivity contribution in [2.75, 3.05) is 12.8 Å². The van der Waals surface area contributed by atoms with Crippen molar-refractivity contribution in [1.29, 1.82) is 0 Å². The van der Waals surface area contributed by atoms with Gasteiger partial charge in [-0.15, -0.1) is 0 Å². The maximum absolute atomic E-state index is 10.5. The van der Waals surface area contributed by atoms with Crippen LogP contribution in [-0.4, -0.2) is 12.0 Å². The van der Waals surface area contributed by atoms with Gasteiger partial charge in [-0.2, -0.15) is 0 Å². The van der Waals surface area contributed by atoms with Crippen LogP contribution >= 0.6 is 11.6 Å². The Labute approximate surface area is 79.2 Å². The topological polar surface area (TPSA) is 78.4 Å². The lowest BCUT2D eigenvalue weighted by molar-refractivity contribution is -0.384. The Morgan fingerprint density at radius 1 is 1.62 bits per heavy atom. The van der Waals surface area contributed by atoms with E-state index in [1.54, 1.807) is 0 Å². The second-order valence-corrected chi connectivity index (χ2v) is 2.68. The monoisotopic (exact) mass is 202 g/mol. The van der Waals surface area contributed by atoms with E-state index in [0.29, 0.717) is 0 Å². The lowest BCUT2D eigenvalue weighted by Gasteiger charge is -2.04. The fourth-order valence-corrected chi connectivity index (χ4v) is 1.07. The number of nitrogens with zero attached hydrogens (tertiary/aromatic N) is 1. The predicted molar refractivity (Wildman–Crippen MR) is 49.1 cm³/mol. The molecule has 0 saturated heterocycles. The SMILES string of the molecule is COc1ccc(Cl)c(N)c1[N+](=O)[O-]. The summed E-state index contributed by atoms with van der Waals surface area (Å²) in [6.45, 7) is 0. The molecule has 13 heavy (non-hydrogen) atoms. The molecule has 0 heterocycles. The van der Waals surface area contributed by atoms with Gasteiger partial charge in [-0.25, -0.2) is 0 Å². The Balaban J connectivity index is 3.41. The van der Waals surface area contributed by atoms with Gasteiger partial charge in [0.15, 0.2) is 5.75 Å². The van der Waals surface area contributed by atoms with Gasteiger partial charge in [-0.1, -0.05) is 11.6 Å². The molecule has 1 rings (SSSR count). The molecule has 0 amide bonds. The van der Waals surface area contributed by atoms with Crippen LogP contribution in [0.1, 0.15) is 0 Å². The number of methoxy groups -OCH3 is 1. The highest BCUT2D eigenvalue weighted by Crippen LogP contribution is 2.37. The van der Waals surface area contributed by atoms with Crippen molar-refractivity contribution in [3.05, 3.63) is 27.3 Å². The summed E-state index contributed by atoms with van der Waals surface area (Å²) in [5, 5.41) is 10.7. The Morgan fingerprint density at radius 3 is 2.69 bits per heavy atom. The van der Waals surface area contributed by atoms with Crippen LogP contribution in [0.4, 0.5) is 11.4 Å². The lowest BCUT2D eigenvalue weighted by Crippen LogP contribution is -1.99. The van der Waals surface area contributed by atoms with Crippen LogP contribution in [0, 0.1) is 10.1 Å². The Kier molecular flexibility index (Phi) is 2.57. The number of nitro benzene ring substituents is 1. The minimum absolute atomic E-state index is 0.0778. The normalized spacial score (nSPS) is 9.69. The molecular weight excluding hydrogens is 196 g/mol. The number of nitrogens with two attached hydrogens (primary N) is 1. The average molecular weight is 203 g/mol. The molecule has 1 aromatic rings. The largest absolute Gasteiger partial charge is 0.490 e. The summed E-state index contributed by atoms with van der Waals surface area (Å²) in [5.74, 6) is 0.104. The van der Waals surface area contributed by atoms with E-state index in [1.165, 1.54) is 19.2 Å². The summed E-state index contributed by atoms with van der Waals surface area (Å²) in [6, 6.07) is 2.85. The molecule has 0 aliphatic heterocycles. The first kappa shape index (κ1) is 9.60. The molecule has 0 radical (unpaired) electrons. The van der Waals surface area contributed by atoms with E-state index in [0.717, 1.165) is 0 Å². The molecule has 6 heteroatoms. The van der Waals surface area contributed by atoms with E-state index < -0.39 is 4.92 Å². The maximum atomic E-state index is 10.5. The fraction of sp³-hybridized carbons (Fsp3) is 0.143. The van der Waals surface area contributed by atoms with Crippen molar-refractivity contribution in [1.82, 2.24) is 0 Å². The molecule has 2 N–H and O–H groups in total. The third kappa shape index (κ3) is 1.65. The van der Waals surface area contributed by atoms with Crippen LogP contribution in [0.2, 0.25) is 5.02 Å². The molecule has 0 unspecified atom stereocenters. The van der Waals surface area contributed by atoms with Crippen LogP contribution < -0.4 is 10.5 Å². The van der Waals surface area contributed by atoms with Crippen molar-refractivity contribution in [3.63, 3.8) is 0 Å². The first-order chi connectivity index (χ1) is 6.07. The quantitative estimate of drug-likeness (QED) is 0.451. The van der Waals surface area contributed by atoms with Gasteiger partial charge in [0.2, 0.25) is 0 Å². The Bertz CT molecular complexity index is 354. The van der Waals surface area contributed by atoms with Crippen molar-refractivity contribution >= 4 is 23.0 Å². The van der Waals surface area contributed by atoms with Crippen molar-refractivity contribution in [2.45, 2.75) is 0 Å². The lowest BCUT2D eigenvalue weighted by atomic mass is 10.2. The molecule has 1 aromatic carbocycles. The zero-order chi connectivity index (χ0) is 10.0. The number of ether oxygens (including phenoxy) is 1. The van der Waals surface area contributed by atoms with Crippen molar-refractivity contribution in [2.24, 2.45) is 0 Å². The number of hydrogen-bond donors (Lipinski definition) is 1. The standard InChI is InChI=1S/C7H7ClN2O3/c1-13-5-3-2-4(8)6(9)7(5)10(11)12/h2-3H,9H2,1H3. The molecule has 5 nitrogen and oxygen atoms in total. The molecule has 0 spiro atoms. The number of nitrogen functional groups attached to an aromatic ring is 1. The highest BCUT2D eigenvalue weighted by atomic mass is 35.5. The van der Waals surface area contributed by atoms with E-state index in [9.17, 15) is 10.1 Å². The highest BCUT2D eigenvalue weighted by molar-refractivity contribution is 6.33. The van der Waals surface area contributed by atoms with Crippen molar-refractivity contribution < 1.29 is 9.66 Å². The van der Waals surface area contributed by atoms with E-state index >= 15 is 0 Å². The highest BCUT2D eigenvalue weighted by Gasteiger charge is 2.20. The molecule has 0 fully saturated rings. The van der Waals surface area contributed by atoms with Crippen LogP contribution in [0.25, 0.3) is 0 Å². The fourth-order valence-electron chi connectivity index (χ4n) is 0.916. The minimum Gasteiger partial charge on any atom is -0.490 e. The third-order valence-electron chi connectivity index (χ3n) is 1.53. The number of benzene rings is 1. The van der Waals surface area contributed by atoms with Gasteiger partial charge in [0.1, 0.15) is 5.69 Å². The second kappa shape index (κ2) is 3.49. The van der Waals surface area contributed by atoms with Crippen LogP contribution in [0.15, 0.2) is 12.1 Å². The van der Waals surface area contributed by atoms with Gasteiger partial charge >= 0.3 is 5.69 Å². The van der Waals surface area contributed by atoms with Gasteiger partial charge in [-0.05, 0) is 12.1 Å².